The first-order valence-electron chi connectivity index (χ1n) is 6.91. The van der Waals surface area contributed by atoms with Crippen molar-refractivity contribution < 1.29 is 4.39 Å². The molecule has 1 saturated carbocycles. The molecule has 0 amide bonds. The van der Waals surface area contributed by atoms with Crippen molar-refractivity contribution in [3.05, 3.63) is 58.4 Å². The third-order valence-corrected chi connectivity index (χ3v) is 3.85. The number of rotatable bonds is 4. The highest BCUT2D eigenvalue weighted by atomic mass is 35.5. The molecule has 2 aromatic rings. The molecule has 0 radical (unpaired) electrons. The molecule has 1 nitrogen and oxygen atoms in total. The number of benzene rings is 2. The Kier molecular flexibility index (Phi) is 3.77. The van der Waals surface area contributed by atoms with Crippen LogP contribution < -0.4 is 5.32 Å². The van der Waals surface area contributed by atoms with Gasteiger partial charge in [-0.3, -0.25) is 0 Å². The molecule has 2 aromatic carbocycles. The molecule has 0 aliphatic heterocycles. The van der Waals surface area contributed by atoms with Crippen molar-refractivity contribution in [3.63, 3.8) is 0 Å². The van der Waals surface area contributed by atoms with Crippen LogP contribution in [0.15, 0.2) is 36.4 Å². The van der Waals surface area contributed by atoms with Crippen molar-refractivity contribution in [3.8, 4) is 11.1 Å². The molecule has 0 bridgehead atoms. The first kappa shape index (κ1) is 13.6. The van der Waals surface area contributed by atoms with Crippen molar-refractivity contribution in [2.24, 2.45) is 0 Å². The van der Waals surface area contributed by atoms with E-state index in [9.17, 15) is 4.39 Å². The molecule has 104 valence electrons. The van der Waals surface area contributed by atoms with Gasteiger partial charge in [0.2, 0.25) is 0 Å². The van der Waals surface area contributed by atoms with Gasteiger partial charge in [0, 0.05) is 17.6 Å². The SMILES string of the molecule is Cc1cc(CNC2CC2)ccc1-c1cc(F)cc(Cl)c1. The molecule has 0 atom stereocenters. The zero-order valence-corrected chi connectivity index (χ0v) is 12.2. The molecule has 20 heavy (non-hydrogen) atoms. The van der Waals surface area contributed by atoms with E-state index in [0.29, 0.717) is 11.1 Å². The summed E-state index contributed by atoms with van der Waals surface area (Å²) >= 11 is 5.93. The fourth-order valence-electron chi connectivity index (χ4n) is 2.42. The van der Waals surface area contributed by atoms with Crippen LogP contribution in [-0.2, 0) is 6.54 Å². The fourth-order valence-corrected chi connectivity index (χ4v) is 2.64. The molecule has 0 spiro atoms. The maximum absolute atomic E-state index is 13.4. The van der Waals surface area contributed by atoms with Gasteiger partial charge in [-0.05, 0) is 60.2 Å². The van der Waals surface area contributed by atoms with E-state index in [1.807, 2.05) is 6.07 Å². The number of nitrogens with one attached hydrogen (secondary N) is 1. The van der Waals surface area contributed by atoms with Crippen LogP contribution in [0.4, 0.5) is 4.39 Å². The monoisotopic (exact) mass is 289 g/mol. The largest absolute Gasteiger partial charge is 0.310 e. The summed E-state index contributed by atoms with van der Waals surface area (Å²) in [6.07, 6.45) is 2.58. The number of aryl methyl sites for hydroxylation is 1. The van der Waals surface area contributed by atoms with Crippen molar-refractivity contribution in [1.82, 2.24) is 5.32 Å². The van der Waals surface area contributed by atoms with Crippen molar-refractivity contribution in [1.29, 1.82) is 0 Å². The first-order valence-corrected chi connectivity index (χ1v) is 7.29. The summed E-state index contributed by atoms with van der Waals surface area (Å²) in [5.74, 6) is -0.300. The van der Waals surface area contributed by atoms with Crippen molar-refractivity contribution >= 4 is 11.6 Å². The lowest BCUT2D eigenvalue weighted by atomic mass is 9.98. The summed E-state index contributed by atoms with van der Waals surface area (Å²) < 4.78 is 13.4. The van der Waals surface area contributed by atoms with Crippen LogP contribution in [0.25, 0.3) is 11.1 Å². The van der Waals surface area contributed by atoms with E-state index in [4.69, 9.17) is 11.6 Å². The van der Waals surface area contributed by atoms with E-state index >= 15 is 0 Å². The Bertz CT molecular complexity index is 615. The van der Waals surface area contributed by atoms with Crippen LogP contribution in [0.3, 0.4) is 0 Å². The number of hydrogen-bond acceptors (Lipinski definition) is 1. The smallest absolute Gasteiger partial charge is 0.125 e. The topological polar surface area (TPSA) is 12.0 Å². The molecule has 1 N–H and O–H groups in total. The van der Waals surface area contributed by atoms with Gasteiger partial charge in [-0.2, -0.15) is 0 Å². The Morgan fingerprint density at radius 2 is 2.00 bits per heavy atom. The zero-order chi connectivity index (χ0) is 14.1. The van der Waals surface area contributed by atoms with Gasteiger partial charge in [0.05, 0.1) is 0 Å². The van der Waals surface area contributed by atoms with E-state index < -0.39 is 0 Å². The Balaban J connectivity index is 1.85. The molecule has 1 fully saturated rings. The second-order valence-electron chi connectivity index (χ2n) is 5.46. The Labute approximate surface area is 123 Å². The highest BCUT2D eigenvalue weighted by molar-refractivity contribution is 6.30. The van der Waals surface area contributed by atoms with Gasteiger partial charge in [0.25, 0.3) is 0 Å². The minimum atomic E-state index is -0.300. The molecular weight excluding hydrogens is 273 g/mol. The molecule has 0 aromatic heterocycles. The molecule has 0 unspecified atom stereocenters. The van der Waals surface area contributed by atoms with E-state index in [2.05, 4.69) is 24.4 Å². The quantitative estimate of drug-likeness (QED) is 0.860. The van der Waals surface area contributed by atoms with Crippen molar-refractivity contribution in [2.75, 3.05) is 0 Å². The summed E-state index contributed by atoms with van der Waals surface area (Å²) in [6.45, 7) is 2.95. The predicted molar refractivity (Wildman–Crippen MR) is 81.4 cm³/mol. The number of halogens is 2. The van der Waals surface area contributed by atoms with Crippen molar-refractivity contribution in [2.45, 2.75) is 32.4 Å². The molecular formula is C17H17ClFN. The van der Waals surface area contributed by atoms with Gasteiger partial charge < -0.3 is 5.32 Å². The van der Waals surface area contributed by atoms with Gasteiger partial charge in [-0.15, -0.1) is 0 Å². The lowest BCUT2D eigenvalue weighted by Crippen LogP contribution is -2.15. The summed E-state index contributed by atoms with van der Waals surface area (Å²) in [5, 5.41) is 3.93. The predicted octanol–water partition coefficient (Wildman–Crippen LogP) is 4.71. The van der Waals surface area contributed by atoms with Gasteiger partial charge >= 0.3 is 0 Å². The second kappa shape index (κ2) is 5.55. The molecule has 3 rings (SSSR count). The minimum absolute atomic E-state index is 0.300. The summed E-state index contributed by atoms with van der Waals surface area (Å²) in [6, 6.07) is 11.7. The molecule has 1 aliphatic carbocycles. The molecule has 3 heteroatoms. The molecule has 1 aliphatic rings. The van der Waals surface area contributed by atoms with Gasteiger partial charge in [0.1, 0.15) is 5.82 Å². The van der Waals surface area contributed by atoms with Gasteiger partial charge in [0.15, 0.2) is 0 Å². The standard InChI is InChI=1S/C17H17ClFN/c1-11-6-12(10-20-16-3-4-16)2-5-17(11)13-7-14(18)9-15(19)8-13/h2,5-9,16,20H,3-4,10H2,1H3. The normalized spacial score (nSPS) is 14.6. The van der Waals surface area contributed by atoms with Crippen LogP contribution in [0.2, 0.25) is 5.02 Å². The lowest BCUT2D eigenvalue weighted by Gasteiger charge is -2.10. The lowest BCUT2D eigenvalue weighted by molar-refractivity contribution is 0.628. The number of hydrogen-bond donors (Lipinski definition) is 1. The average Bonchev–Trinajstić information content (AvgIpc) is 3.19. The van der Waals surface area contributed by atoms with Gasteiger partial charge in [-0.25, -0.2) is 4.39 Å². The Morgan fingerprint density at radius 1 is 1.20 bits per heavy atom. The zero-order valence-electron chi connectivity index (χ0n) is 11.4. The fraction of sp³-hybridized carbons (Fsp3) is 0.294. The van der Waals surface area contributed by atoms with E-state index in [-0.39, 0.29) is 5.82 Å². The third kappa shape index (κ3) is 3.20. The highest BCUT2D eigenvalue weighted by Crippen LogP contribution is 2.28. The summed E-state index contributed by atoms with van der Waals surface area (Å²) in [4.78, 5) is 0. The highest BCUT2D eigenvalue weighted by Gasteiger charge is 2.19. The minimum Gasteiger partial charge on any atom is -0.310 e. The Hall–Kier alpha value is -1.38. The first-order chi connectivity index (χ1) is 9.61. The van der Waals surface area contributed by atoms with Crippen LogP contribution in [0.1, 0.15) is 24.0 Å². The molecule has 0 saturated heterocycles. The summed E-state index contributed by atoms with van der Waals surface area (Å²) in [5.41, 5.74) is 4.26. The average molecular weight is 290 g/mol. The molecule has 0 heterocycles. The van der Waals surface area contributed by atoms with Crippen LogP contribution in [0, 0.1) is 12.7 Å². The third-order valence-electron chi connectivity index (χ3n) is 3.64. The second-order valence-corrected chi connectivity index (χ2v) is 5.90. The van der Waals surface area contributed by atoms with Gasteiger partial charge in [-0.1, -0.05) is 29.8 Å². The van der Waals surface area contributed by atoms with Crippen LogP contribution in [-0.4, -0.2) is 6.04 Å². The summed E-state index contributed by atoms with van der Waals surface area (Å²) in [7, 11) is 0. The maximum Gasteiger partial charge on any atom is 0.125 e. The Morgan fingerprint density at radius 3 is 2.65 bits per heavy atom. The van der Waals surface area contributed by atoms with E-state index in [1.165, 1.54) is 30.5 Å². The van der Waals surface area contributed by atoms with E-state index in [0.717, 1.165) is 23.2 Å². The van der Waals surface area contributed by atoms with Crippen LogP contribution in [0.5, 0.6) is 0 Å². The maximum atomic E-state index is 13.4. The van der Waals surface area contributed by atoms with Crippen LogP contribution >= 0.6 is 11.6 Å². The van der Waals surface area contributed by atoms with E-state index in [1.54, 1.807) is 6.07 Å².